The van der Waals surface area contributed by atoms with Gasteiger partial charge in [0.25, 0.3) is 5.91 Å². The van der Waals surface area contributed by atoms with Gasteiger partial charge in [0.05, 0.1) is 24.8 Å². The third-order valence-electron chi connectivity index (χ3n) is 5.72. The highest BCUT2D eigenvalue weighted by atomic mass is 16.5. The predicted molar refractivity (Wildman–Crippen MR) is 97.7 cm³/mol. The van der Waals surface area contributed by atoms with Gasteiger partial charge in [-0.2, -0.15) is 0 Å². The van der Waals surface area contributed by atoms with Gasteiger partial charge in [-0.25, -0.2) is 0 Å². The van der Waals surface area contributed by atoms with Crippen molar-refractivity contribution in [2.75, 3.05) is 52.5 Å². The minimum atomic E-state index is 0.117. The van der Waals surface area contributed by atoms with E-state index in [1.165, 1.54) is 0 Å². The maximum Gasteiger partial charge on any atom is 0.253 e. The van der Waals surface area contributed by atoms with Crippen molar-refractivity contribution < 1.29 is 9.53 Å². The normalized spacial score (nSPS) is 26.5. The number of morpholine rings is 1. The highest BCUT2D eigenvalue weighted by Crippen LogP contribution is 2.36. The van der Waals surface area contributed by atoms with E-state index < -0.39 is 0 Å². The zero-order chi connectivity index (χ0) is 17.4. The molecule has 3 saturated heterocycles. The number of carbonyl (C=O) groups is 1. The number of nitrogens with zero attached hydrogens (tertiary/aromatic N) is 3. The molecule has 0 N–H and O–H groups in total. The molecular formula is C20H29N3O2. The van der Waals surface area contributed by atoms with Crippen LogP contribution in [0.5, 0.6) is 0 Å². The summed E-state index contributed by atoms with van der Waals surface area (Å²) in [5.74, 6) is 0.844. The molecule has 3 aliphatic rings. The number of piperazine rings is 1. The third-order valence-corrected chi connectivity index (χ3v) is 5.72. The number of carbonyl (C=O) groups excluding carboxylic acids is 1. The average molecular weight is 343 g/mol. The van der Waals surface area contributed by atoms with Gasteiger partial charge in [-0.1, -0.05) is 32.0 Å². The Morgan fingerprint density at radius 1 is 1.24 bits per heavy atom. The van der Waals surface area contributed by atoms with Crippen molar-refractivity contribution in [1.82, 2.24) is 14.7 Å². The molecule has 1 unspecified atom stereocenters. The second-order valence-electron chi connectivity index (χ2n) is 8.26. The van der Waals surface area contributed by atoms with E-state index in [2.05, 4.69) is 28.5 Å². The first-order chi connectivity index (χ1) is 12.1. The van der Waals surface area contributed by atoms with E-state index in [4.69, 9.17) is 4.74 Å². The molecule has 0 aromatic heterocycles. The molecule has 136 valence electrons. The minimum Gasteiger partial charge on any atom is -0.378 e. The molecule has 0 aliphatic carbocycles. The molecule has 3 heterocycles. The summed E-state index contributed by atoms with van der Waals surface area (Å²) in [5, 5.41) is 0. The van der Waals surface area contributed by atoms with E-state index in [0.717, 1.165) is 58.0 Å². The van der Waals surface area contributed by atoms with Crippen LogP contribution < -0.4 is 0 Å². The summed E-state index contributed by atoms with van der Waals surface area (Å²) >= 11 is 0. The minimum absolute atomic E-state index is 0.117. The number of hydrogen-bond acceptors (Lipinski definition) is 4. The summed E-state index contributed by atoms with van der Waals surface area (Å²) in [6.07, 6.45) is 0. The van der Waals surface area contributed by atoms with Crippen LogP contribution in [0.3, 0.4) is 0 Å². The molecule has 5 nitrogen and oxygen atoms in total. The van der Waals surface area contributed by atoms with Crippen LogP contribution in [0.1, 0.15) is 24.2 Å². The van der Waals surface area contributed by atoms with Gasteiger partial charge >= 0.3 is 0 Å². The van der Waals surface area contributed by atoms with Gasteiger partial charge in [0.1, 0.15) is 0 Å². The fraction of sp³-hybridized carbons (Fsp3) is 0.650. The molecule has 3 fully saturated rings. The molecule has 4 rings (SSSR count). The zero-order valence-corrected chi connectivity index (χ0v) is 15.4. The first-order valence-corrected chi connectivity index (χ1v) is 9.49. The molecule has 1 aromatic carbocycles. The molecule has 1 spiro atoms. The summed E-state index contributed by atoms with van der Waals surface area (Å²) in [6.45, 7) is 12.0. The third kappa shape index (κ3) is 3.21. The van der Waals surface area contributed by atoms with Crippen molar-refractivity contribution in [3.63, 3.8) is 0 Å². The number of hydrogen-bond donors (Lipinski definition) is 0. The van der Waals surface area contributed by atoms with Gasteiger partial charge in [-0.3, -0.25) is 14.6 Å². The highest BCUT2D eigenvalue weighted by molar-refractivity contribution is 5.94. The fourth-order valence-corrected chi connectivity index (χ4v) is 4.83. The molecule has 0 bridgehead atoms. The summed E-state index contributed by atoms with van der Waals surface area (Å²) in [5.41, 5.74) is 0.910. The van der Waals surface area contributed by atoms with Gasteiger partial charge < -0.3 is 9.64 Å². The van der Waals surface area contributed by atoms with E-state index in [0.29, 0.717) is 12.0 Å². The Bertz CT molecular complexity index is 613. The number of fused-ring (bicyclic) bond motifs is 2. The summed E-state index contributed by atoms with van der Waals surface area (Å²) < 4.78 is 5.73. The smallest absolute Gasteiger partial charge is 0.253 e. The SMILES string of the molecule is CC(C)CN1CC2(C1)CN(C(=O)c1ccccc1)CC1COCCN12. The highest BCUT2D eigenvalue weighted by Gasteiger charge is 2.54. The molecular weight excluding hydrogens is 314 g/mol. The van der Waals surface area contributed by atoms with Crippen molar-refractivity contribution in [1.29, 1.82) is 0 Å². The maximum atomic E-state index is 13.0. The monoisotopic (exact) mass is 343 g/mol. The lowest BCUT2D eigenvalue weighted by molar-refractivity contribution is -0.159. The topological polar surface area (TPSA) is 36.0 Å². The summed E-state index contributed by atoms with van der Waals surface area (Å²) in [4.78, 5) is 20.3. The molecule has 1 amide bonds. The second kappa shape index (κ2) is 6.71. The summed E-state index contributed by atoms with van der Waals surface area (Å²) in [7, 11) is 0. The Hall–Kier alpha value is -1.43. The maximum absolute atomic E-state index is 13.0. The van der Waals surface area contributed by atoms with Crippen molar-refractivity contribution in [2.45, 2.75) is 25.4 Å². The number of ether oxygens (including phenoxy) is 1. The van der Waals surface area contributed by atoms with E-state index >= 15 is 0 Å². The predicted octanol–water partition coefficient (Wildman–Crippen LogP) is 1.55. The van der Waals surface area contributed by atoms with Crippen LogP contribution in [0.2, 0.25) is 0 Å². The molecule has 0 saturated carbocycles. The van der Waals surface area contributed by atoms with Crippen LogP contribution >= 0.6 is 0 Å². The lowest BCUT2D eigenvalue weighted by atomic mass is 9.82. The quantitative estimate of drug-likeness (QED) is 0.834. The lowest BCUT2D eigenvalue weighted by Crippen LogP contribution is -2.81. The molecule has 1 atom stereocenters. The first kappa shape index (κ1) is 17.0. The largest absolute Gasteiger partial charge is 0.378 e. The van der Waals surface area contributed by atoms with Crippen molar-refractivity contribution in [2.24, 2.45) is 5.92 Å². The van der Waals surface area contributed by atoms with Crippen LogP contribution in [-0.2, 0) is 4.74 Å². The molecule has 25 heavy (non-hydrogen) atoms. The Labute approximate surface area is 150 Å². The number of benzene rings is 1. The standard InChI is InChI=1S/C20H29N3O2/c1-16(2)10-21-13-20(14-21)15-22(11-18-12-25-9-8-23(18)20)19(24)17-6-4-3-5-7-17/h3-7,16,18H,8-15H2,1-2H3. The fourth-order valence-electron chi connectivity index (χ4n) is 4.83. The van der Waals surface area contributed by atoms with E-state index in [1.54, 1.807) is 0 Å². The zero-order valence-electron chi connectivity index (χ0n) is 15.4. The second-order valence-corrected chi connectivity index (χ2v) is 8.26. The van der Waals surface area contributed by atoms with Crippen LogP contribution in [0.25, 0.3) is 0 Å². The van der Waals surface area contributed by atoms with E-state index in [1.807, 2.05) is 30.3 Å². The molecule has 1 aromatic rings. The van der Waals surface area contributed by atoms with Crippen molar-refractivity contribution in [3.8, 4) is 0 Å². The van der Waals surface area contributed by atoms with Crippen LogP contribution in [0.4, 0.5) is 0 Å². The van der Waals surface area contributed by atoms with Crippen molar-refractivity contribution >= 4 is 5.91 Å². The van der Waals surface area contributed by atoms with Crippen molar-refractivity contribution in [3.05, 3.63) is 35.9 Å². The number of rotatable bonds is 3. The Morgan fingerprint density at radius 2 is 2.00 bits per heavy atom. The van der Waals surface area contributed by atoms with Crippen LogP contribution in [0.15, 0.2) is 30.3 Å². The Kier molecular flexibility index (Phi) is 4.56. The van der Waals surface area contributed by atoms with Crippen LogP contribution in [-0.4, -0.2) is 84.7 Å². The Morgan fingerprint density at radius 3 is 2.72 bits per heavy atom. The van der Waals surface area contributed by atoms with Gasteiger partial charge in [0, 0.05) is 44.8 Å². The Balaban J connectivity index is 1.53. The number of likely N-dealkylation sites (tertiary alicyclic amines) is 1. The van der Waals surface area contributed by atoms with E-state index in [-0.39, 0.29) is 11.4 Å². The van der Waals surface area contributed by atoms with Gasteiger partial charge in [0.15, 0.2) is 0 Å². The average Bonchev–Trinajstić information content (AvgIpc) is 2.60. The van der Waals surface area contributed by atoms with Crippen LogP contribution in [0, 0.1) is 5.92 Å². The molecule has 5 heteroatoms. The van der Waals surface area contributed by atoms with Gasteiger partial charge in [-0.15, -0.1) is 0 Å². The van der Waals surface area contributed by atoms with E-state index in [9.17, 15) is 4.79 Å². The molecule has 3 aliphatic heterocycles. The van der Waals surface area contributed by atoms with Gasteiger partial charge in [0.2, 0.25) is 0 Å². The number of amides is 1. The lowest BCUT2D eigenvalue weighted by Gasteiger charge is -2.63. The molecule has 0 radical (unpaired) electrons. The van der Waals surface area contributed by atoms with Gasteiger partial charge in [-0.05, 0) is 18.1 Å². The summed E-state index contributed by atoms with van der Waals surface area (Å²) in [6, 6.07) is 10.0. The first-order valence-electron chi connectivity index (χ1n) is 9.49.